The van der Waals surface area contributed by atoms with Crippen LogP contribution in [0.2, 0.25) is 0 Å². The van der Waals surface area contributed by atoms with E-state index in [1.165, 1.54) is 0 Å². The molecule has 0 fully saturated rings. The average molecular weight is 480 g/mol. The van der Waals surface area contributed by atoms with Crippen molar-refractivity contribution in [2.24, 2.45) is 5.10 Å². The van der Waals surface area contributed by atoms with Crippen LogP contribution in [0.1, 0.15) is 27.8 Å². The SMILES string of the molecule is COc1ccc(C=NNc2nc(-c3ccccc3)c(C#N)c(=O)[nH]2)cc1COc1c(C)cccc1C. The number of ether oxygens (including phenoxy) is 2. The van der Waals surface area contributed by atoms with Crippen LogP contribution in [0.25, 0.3) is 11.3 Å². The fourth-order valence-electron chi connectivity index (χ4n) is 3.77. The van der Waals surface area contributed by atoms with Crippen molar-refractivity contribution in [3.8, 4) is 28.8 Å². The van der Waals surface area contributed by atoms with E-state index in [1.807, 2.05) is 74.5 Å². The predicted molar refractivity (Wildman–Crippen MR) is 139 cm³/mol. The summed E-state index contributed by atoms with van der Waals surface area (Å²) in [4.78, 5) is 19.3. The summed E-state index contributed by atoms with van der Waals surface area (Å²) >= 11 is 0. The second-order valence-electron chi connectivity index (χ2n) is 8.07. The van der Waals surface area contributed by atoms with Crippen molar-refractivity contribution in [1.82, 2.24) is 9.97 Å². The van der Waals surface area contributed by atoms with E-state index in [0.29, 0.717) is 17.9 Å². The van der Waals surface area contributed by atoms with Crippen molar-refractivity contribution in [3.63, 3.8) is 0 Å². The molecule has 1 aromatic heterocycles. The van der Waals surface area contributed by atoms with Gasteiger partial charge in [0, 0.05) is 11.1 Å². The number of aromatic amines is 1. The monoisotopic (exact) mass is 479 g/mol. The van der Waals surface area contributed by atoms with Crippen LogP contribution < -0.4 is 20.5 Å². The molecule has 3 aromatic carbocycles. The van der Waals surface area contributed by atoms with Gasteiger partial charge in [-0.05, 0) is 48.7 Å². The predicted octanol–water partition coefficient (Wildman–Crippen LogP) is 4.96. The van der Waals surface area contributed by atoms with Gasteiger partial charge in [-0.3, -0.25) is 9.78 Å². The quantitative estimate of drug-likeness (QED) is 0.273. The Kier molecular flexibility index (Phi) is 7.42. The maximum absolute atomic E-state index is 12.4. The second kappa shape index (κ2) is 11.0. The molecule has 1 heterocycles. The molecule has 0 aliphatic rings. The van der Waals surface area contributed by atoms with Gasteiger partial charge in [0.1, 0.15) is 29.7 Å². The Hall–Kier alpha value is -4.90. The molecule has 8 nitrogen and oxygen atoms in total. The largest absolute Gasteiger partial charge is 0.496 e. The smallest absolute Gasteiger partial charge is 0.270 e. The molecule has 0 spiro atoms. The first-order chi connectivity index (χ1) is 17.5. The Bertz CT molecular complexity index is 1480. The van der Waals surface area contributed by atoms with Gasteiger partial charge in [0.25, 0.3) is 5.56 Å². The first-order valence-corrected chi connectivity index (χ1v) is 11.2. The Morgan fingerprint density at radius 2 is 1.83 bits per heavy atom. The second-order valence-corrected chi connectivity index (χ2v) is 8.07. The van der Waals surface area contributed by atoms with Crippen molar-refractivity contribution in [3.05, 3.63) is 105 Å². The van der Waals surface area contributed by atoms with Crippen LogP contribution in [-0.2, 0) is 6.61 Å². The van der Waals surface area contributed by atoms with E-state index in [4.69, 9.17) is 9.47 Å². The van der Waals surface area contributed by atoms with E-state index in [2.05, 4.69) is 20.5 Å². The van der Waals surface area contributed by atoms with Crippen molar-refractivity contribution in [2.45, 2.75) is 20.5 Å². The van der Waals surface area contributed by atoms with Gasteiger partial charge in [-0.2, -0.15) is 10.4 Å². The van der Waals surface area contributed by atoms with Gasteiger partial charge >= 0.3 is 0 Å². The van der Waals surface area contributed by atoms with E-state index < -0.39 is 5.56 Å². The topological polar surface area (TPSA) is 112 Å². The van der Waals surface area contributed by atoms with Crippen LogP contribution in [0.15, 0.2) is 76.6 Å². The number of hydrogen-bond acceptors (Lipinski definition) is 7. The lowest BCUT2D eigenvalue weighted by Crippen LogP contribution is -2.16. The molecule has 0 saturated carbocycles. The molecule has 0 unspecified atom stereocenters. The lowest BCUT2D eigenvalue weighted by Gasteiger charge is -2.14. The maximum Gasteiger partial charge on any atom is 0.270 e. The molecule has 2 N–H and O–H groups in total. The van der Waals surface area contributed by atoms with Crippen LogP contribution >= 0.6 is 0 Å². The first-order valence-electron chi connectivity index (χ1n) is 11.2. The van der Waals surface area contributed by atoms with Crippen molar-refractivity contribution in [1.29, 1.82) is 5.26 Å². The summed E-state index contributed by atoms with van der Waals surface area (Å²) in [6, 6.07) is 22.6. The minimum absolute atomic E-state index is 0.0561. The highest BCUT2D eigenvalue weighted by molar-refractivity contribution is 5.81. The van der Waals surface area contributed by atoms with E-state index in [1.54, 1.807) is 25.5 Å². The molecule has 0 saturated heterocycles. The van der Waals surface area contributed by atoms with E-state index in [9.17, 15) is 10.1 Å². The number of rotatable bonds is 8. The van der Waals surface area contributed by atoms with Crippen molar-refractivity contribution >= 4 is 12.2 Å². The Morgan fingerprint density at radius 1 is 1.08 bits per heavy atom. The molecule has 0 aliphatic heterocycles. The molecular weight excluding hydrogens is 454 g/mol. The van der Waals surface area contributed by atoms with Crippen LogP contribution in [0.3, 0.4) is 0 Å². The number of methoxy groups -OCH3 is 1. The van der Waals surface area contributed by atoms with Crippen LogP contribution in [0, 0.1) is 25.2 Å². The van der Waals surface area contributed by atoms with Gasteiger partial charge in [-0.1, -0.05) is 48.5 Å². The first kappa shape index (κ1) is 24.2. The van der Waals surface area contributed by atoms with Gasteiger partial charge in [0.2, 0.25) is 5.95 Å². The molecule has 0 bridgehead atoms. The molecule has 0 amide bonds. The van der Waals surface area contributed by atoms with Gasteiger partial charge < -0.3 is 9.47 Å². The van der Waals surface area contributed by atoms with Gasteiger partial charge in [0.15, 0.2) is 0 Å². The van der Waals surface area contributed by atoms with Gasteiger partial charge in [-0.15, -0.1) is 0 Å². The number of benzene rings is 3. The molecular formula is C28H25N5O3. The molecule has 0 atom stereocenters. The number of anilines is 1. The summed E-state index contributed by atoms with van der Waals surface area (Å²) in [6.45, 7) is 4.35. The summed E-state index contributed by atoms with van der Waals surface area (Å²) in [5.74, 6) is 1.68. The standard InChI is InChI=1S/C28H25N5O3/c1-18-8-7-9-19(2)26(18)36-17-22-14-20(12-13-24(22)35-3)16-30-33-28-31-25(21-10-5-4-6-11-21)23(15-29)27(34)32-28/h4-14,16H,17H2,1-3H3,(H2,31,32,33,34). The number of H-pyrrole nitrogens is 1. The molecule has 180 valence electrons. The molecule has 8 heteroatoms. The lowest BCUT2D eigenvalue weighted by atomic mass is 10.1. The maximum atomic E-state index is 12.4. The van der Waals surface area contributed by atoms with Crippen LogP contribution in [0.5, 0.6) is 11.5 Å². The fourth-order valence-corrected chi connectivity index (χ4v) is 3.77. The number of para-hydroxylation sites is 1. The lowest BCUT2D eigenvalue weighted by molar-refractivity contribution is 0.293. The van der Waals surface area contributed by atoms with Gasteiger partial charge in [-0.25, -0.2) is 10.4 Å². The zero-order chi connectivity index (χ0) is 25.5. The molecule has 36 heavy (non-hydrogen) atoms. The Morgan fingerprint density at radius 3 is 2.53 bits per heavy atom. The van der Waals surface area contributed by atoms with Crippen molar-refractivity contribution < 1.29 is 9.47 Å². The summed E-state index contributed by atoms with van der Waals surface area (Å²) < 4.78 is 11.6. The van der Waals surface area contributed by atoms with Crippen molar-refractivity contribution in [2.75, 3.05) is 12.5 Å². The minimum atomic E-state index is -0.542. The average Bonchev–Trinajstić information content (AvgIpc) is 2.89. The normalized spacial score (nSPS) is 10.7. The number of nitrogens with zero attached hydrogens (tertiary/aromatic N) is 3. The third kappa shape index (κ3) is 5.42. The summed E-state index contributed by atoms with van der Waals surface area (Å²) in [5, 5.41) is 13.6. The third-order valence-electron chi connectivity index (χ3n) is 5.55. The summed E-state index contributed by atoms with van der Waals surface area (Å²) in [7, 11) is 1.62. The highest BCUT2D eigenvalue weighted by Crippen LogP contribution is 2.26. The summed E-state index contributed by atoms with van der Waals surface area (Å²) in [5.41, 5.74) is 6.88. The zero-order valence-electron chi connectivity index (χ0n) is 20.2. The van der Waals surface area contributed by atoms with E-state index >= 15 is 0 Å². The molecule has 4 rings (SSSR count). The molecule has 4 aromatic rings. The van der Waals surface area contributed by atoms with Crippen LogP contribution in [-0.4, -0.2) is 23.3 Å². The summed E-state index contributed by atoms with van der Waals surface area (Å²) in [6.07, 6.45) is 1.60. The number of nitrogens with one attached hydrogen (secondary N) is 2. The van der Waals surface area contributed by atoms with E-state index in [0.717, 1.165) is 28.0 Å². The third-order valence-corrected chi connectivity index (χ3v) is 5.55. The highest BCUT2D eigenvalue weighted by Gasteiger charge is 2.13. The Balaban J connectivity index is 1.54. The number of hydrazone groups is 1. The number of nitriles is 1. The molecule has 0 radical (unpaired) electrons. The van der Waals surface area contributed by atoms with E-state index in [-0.39, 0.29) is 17.2 Å². The number of aryl methyl sites for hydroxylation is 2. The van der Waals surface area contributed by atoms with Crippen LogP contribution in [0.4, 0.5) is 5.95 Å². The molecule has 0 aliphatic carbocycles. The fraction of sp³-hybridized carbons (Fsp3) is 0.143. The van der Waals surface area contributed by atoms with Gasteiger partial charge in [0.05, 0.1) is 19.0 Å². The number of hydrogen-bond donors (Lipinski definition) is 2. The Labute approximate surface area is 208 Å². The highest BCUT2D eigenvalue weighted by atomic mass is 16.5. The minimum Gasteiger partial charge on any atom is -0.496 e. The number of aromatic nitrogens is 2. The zero-order valence-corrected chi connectivity index (χ0v) is 20.2.